The monoisotopic (exact) mass is 558 g/mol. The van der Waals surface area contributed by atoms with Gasteiger partial charge in [-0.05, 0) is 53.8 Å². The molecule has 8 rings (SSSR count). The number of aliphatic carboxylic acids is 1. The van der Waals surface area contributed by atoms with Crippen LogP contribution in [0.2, 0.25) is 0 Å². The number of carbonyl (C=O) groups excluding carboxylic acids is 3. The molecule has 2 aromatic carbocycles. The van der Waals surface area contributed by atoms with Crippen LogP contribution in [-0.2, 0) is 20.9 Å². The van der Waals surface area contributed by atoms with Gasteiger partial charge >= 0.3 is 5.97 Å². The zero-order valence-corrected chi connectivity index (χ0v) is 23.0. The van der Waals surface area contributed by atoms with E-state index in [9.17, 15) is 29.4 Å². The molecule has 10 nitrogen and oxygen atoms in total. The lowest BCUT2D eigenvalue weighted by molar-refractivity contribution is -1.08. The predicted octanol–water partition coefficient (Wildman–Crippen LogP) is 0.951. The van der Waals surface area contributed by atoms with Crippen LogP contribution in [0.25, 0.3) is 16.7 Å². The van der Waals surface area contributed by atoms with E-state index in [0.29, 0.717) is 35.2 Å². The van der Waals surface area contributed by atoms with E-state index in [-0.39, 0.29) is 29.3 Å². The predicted molar refractivity (Wildman–Crippen MR) is 148 cm³/mol. The standard InChI is InChI=1S/C31H32N4O6/c1-17(36)27-25-14-22(28(31(40)41)33(25)30(27)39)19-3-5-21-23(13-19)20-4-2-18(12-24(20)29(21)38)15-34-6-9-35(10-7-34,11-8-34)16-26(32)37/h2-5,12-13,17,25,27,36H,6-11,14-16H2,1H3,(H-2,32,37,40,41)/p+2/t17-,25-,27-,34?,35?/m1/s1. The number of quaternary nitrogens is 2. The highest BCUT2D eigenvalue weighted by Gasteiger charge is 2.57. The van der Waals surface area contributed by atoms with E-state index < -0.39 is 18.0 Å². The second-order valence-electron chi connectivity index (χ2n) is 12.7. The van der Waals surface area contributed by atoms with Crippen molar-refractivity contribution in [2.45, 2.75) is 32.0 Å². The number of aliphatic hydroxyl groups excluding tert-OH is 1. The van der Waals surface area contributed by atoms with Crippen LogP contribution in [0.3, 0.4) is 0 Å². The zero-order valence-electron chi connectivity index (χ0n) is 23.0. The third-order valence-corrected chi connectivity index (χ3v) is 10.3. The molecule has 5 heterocycles. The van der Waals surface area contributed by atoms with E-state index in [1.165, 1.54) is 4.90 Å². The number of carbonyl (C=O) groups is 4. The van der Waals surface area contributed by atoms with Gasteiger partial charge in [-0.15, -0.1) is 0 Å². The van der Waals surface area contributed by atoms with E-state index in [0.717, 1.165) is 71.5 Å². The number of nitrogens with zero attached hydrogens (tertiary/aromatic N) is 3. The second-order valence-corrected chi connectivity index (χ2v) is 12.7. The molecule has 0 aromatic heterocycles. The molecule has 10 heteroatoms. The maximum atomic E-state index is 13.5. The molecule has 4 N–H and O–H groups in total. The normalized spacial score (nSPS) is 30.1. The Hall–Kier alpha value is -3.86. The Morgan fingerprint density at radius 3 is 2.24 bits per heavy atom. The van der Waals surface area contributed by atoms with Crippen molar-refractivity contribution in [3.8, 4) is 11.1 Å². The number of hydrogen-bond donors (Lipinski definition) is 3. The molecule has 212 valence electrons. The third kappa shape index (κ3) is 3.81. The molecule has 4 saturated heterocycles. The molecule has 1 aliphatic carbocycles. The summed E-state index contributed by atoms with van der Waals surface area (Å²) >= 11 is 0. The number of ketones is 1. The lowest BCUT2D eigenvalue weighted by atomic mass is 9.82. The molecular weight excluding hydrogens is 524 g/mol. The number of amides is 2. The molecule has 2 aromatic rings. The first-order valence-corrected chi connectivity index (χ1v) is 14.3. The van der Waals surface area contributed by atoms with Crippen molar-refractivity contribution >= 4 is 29.1 Å². The number of carboxylic acids is 1. The number of aliphatic hydroxyl groups is 1. The van der Waals surface area contributed by atoms with E-state index in [1.807, 2.05) is 18.2 Å². The molecule has 0 saturated carbocycles. The zero-order chi connectivity index (χ0) is 28.8. The van der Waals surface area contributed by atoms with Crippen molar-refractivity contribution in [3.63, 3.8) is 0 Å². The second kappa shape index (κ2) is 8.82. The Balaban J connectivity index is 1.16. The number of benzene rings is 2. The van der Waals surface area contributed by atoms with Crippen LogP contribution in [0, 0.1) is 5.92 Å². The SMILES string of the molecule is C[C@@H](O)[C@H]1C(=O)N2C(C(=O)O)=C(c3ccc4c(c3)-c3ccc(C[N+]56CC[N+](CC(N)=O)(CC5)CC6)cc3C4=O)C[C@H]12. The molecule has 0 unspecified atom stereocenters. The van der Waals surface area contributed by atoms with Crippen LogP contribution < -0.4 is 5.73 Å². The first-order chi connectivity index (χ1) is 19.5. The van der Waals surface area contributed by atoms with Gasteiger partial charge in [0.1, 0.15) is 51.5 Å². The quantitative estimate of drug-likeness (QED) is 0.292. The average Bonchev–Trinajstić information content (AvgIpc) is 3.41. The molecule has 2 amide bonds. The number of nitrogens with two attached hydrogens (primary N) is 1. The molecule has 6 aliphatic rings. The molecule has 41 heavy (non-hydrogen) atoms. The fourth-order valence-electron chi connectivity index (χ4n) is 8.07. The fraction of sp³-hybridized carbons (Fsp3) is 0.419. The summed E-state index contributed by atoms with van der Waals surface area (Å²) in [5.41, 5.74) is 10.7. The Labute approximate surface area is 237 Å². The highest BCUT2D eigenvalue weighted by molar-refractivity contribution is 6.22. The molecule has 5 aliphatic heterocycles. The van der Waals surface area contributed by atoms with Crippen molar-refractivity contribution in [3.05, 3.63) is 64.3 Å². The minimum Gasteiger partial charge on any atom is -0.477 e. The molecule has 0 radical (unpaired) electrons. The minimum absolute atomic E-state index is 0.0350. The van der Waals surface area contributed by atoms with Crippen LogP contribution in [-0.4, -0.2) is 106 Å². The smallest absolute Gasteiger partial charge is 0.352 e. The summed E-state index contributed by atoms with van der Waals surface area (Å²) in [4.78, 5) is 51.2. The van der Waals surface area contributed by atoms with Crippen molar-refractivity contribution in [1.82, 2.24) is 4.90 Å². The number of carboxylic acid groups (broad SMARTS) is 1. The Morgan fingerprint density at radius 2 is 1.61 bits per heavy atom. The van der Waals surface area contributed by atoms with Gasteiger partial charge in [-0.2, -0.15) is 0 Å². The molecule has 4 fully saturated rings. The Kier molecular flexibility index (Phi) is 5.61. The lowest BCUT2D eigenvalue weighted by Gasteiger charge is -2.55. The van der Waals surface area contributed by atoms with Crippen LogP contribution in [0.4, 0.5) is 0 Å². The number of piperazine rings is 3. The van der Waals surface area contributed by atoms with E-state index in [1.54, 1.807) is 19.1 Å². The van der Waals surface area contributed by atoms with E-state index in [2.05, 4.69) is 6.07 Å². The molecular formula is C31H34N4O6+2. The van der Waals surface area contributed by atoms with Crippen molar-refractivity contribution in [2.75, 3.05) is 45.8 Å². The number of β-lactam (4-membered cyclic amide) rings is 1. The summed E-state index contributed by atoms with van der Waals surface area (Å²) in [7, 11) is 0. The van der Waals surface area contributed by atoms with Gasteiger partial charge in [-0.3, -0.25) is 14.4 Å². The van der Waals surface area contributed by atoms with Gasteiger partial charge in [0, 0.05) is 16.7 Å². The van der Waals surface area contributed by atoms with Gasteiger partial charge in [-0.25, -0.2) is 4.79 Å². The maximum Gasteiger partial charge on any atom is 0.352 e. The first kappa shape index (κ1) is 26.1. The highest BCUT2D eigenvalue weighted by Crippen LogP contribution is 2.48. The van der Waals surface area contributed by atoms with Gasteiger partial charge in [0.2, 0.25) is 5.91 Å². The largest absolute Gasteiger partial charge is 0.477 e. The van der Waals surface area contributed by atoms with Gasteiger partial charge in [0.15, 0.2) is 12.3 Å². The van der Waals surface area contributed by atoms with Crippen LogP contribution in [0.1, 0.15) is 40.4 Å². The fourth-order valence-corrected chi connectivity index (χ4v) is 8.07. The summed E-state index contributed by atoms with van der Waals surface area (Å²) < 4.78 is 1.75. The summed E-state index contributed by atoms with van der Waals surface area (Å²) in [6.07, 6.45) is -0.505. The average molecular weight is 559 g/mol. The van der Waals surface area contributed by atoms with Crippen LogP contribution in [0.5, 0.6) is 0 Å². The summed E-state index contributed by atoms with van der Waals surface area (Å²) in [6.45, 7) is 8.59. The van der Waals surface area contributed by atoms with E-state index >= 15 is 0 Å². The third-order valence-electron chi connectivity index (χ3n) is 10.3. The molecule has 0 spiro atoms. The number of primary amides is 1. The topological polar surface area (TPSA) is 138 Å². The Morgan fingerprint density at radius 1 is 0.951 bits per heavy atom. The maximum absolute atomic E-state index is 13.5. The minimum atomic E-state index is -1.17. The molecule has 3 atom stereocenters. The molecule has 2 bridgehead atoms. The first-order valence-electron chi connectivity index (χ1n) is 14.3. The van der Waals surface area contributed by atoms with Gasteiger partial charge < -0.3 is 29.8 Å². The van der Waals surface area contributed by atoms with Crippen molar-refractivity contribution in [1.29, 1.82) is 0 Å². The number of fused-ring (bicyclic) bond motifs is 7. The van der Waals surface area contributed by atoms with Gasteiger partial charge in [0.05, 0.1) is 18.1 Å². The van der Waals surface area contributed by atoms with Gasteiger partial charge in [-0.1, -0.05) is 18.2 Å². The van der Waals surface area contributed by atoms with Crippen LogP contribution >= 0.6 is 0 Å². The van der Waals surface area contributed by atoms with Crippen LogP contribution in [0.15, 0.2) is 42.1 Å². The van der Waals surface area contributed by atoms with E-state index in [4.69, 9.17) is 5.73 Å². The number of hydrogen-bond acceptors (Lipinski definition) is 5. The highest BCUT2D eigenvalue weighted by atomic mass is 16.4. The summed E-state index contributed by atoms with van der Waals surface area (Å²) in [5, 5.41) is 20.0. The number of rotatable bonds is 7. The van der Waals surface area contributed by atoms with Gasteiger partial charge in [0.25, 0.3) is 5.91 Å². The summed E-state index contributed by atoms with van der Waals surface area (Å²) in [5.74, 6) is -2.42. The Bertz CT molecular complexity index is 1570. The summed E-state index contributed by atoms with van der Waals surface area (Å²) in [6, 6.07) is 11.1. The van der Waals surface area contributed by atoms with Crippen molar-refractivity contribution in [2.24, 2.45) is 11.7 Å². The lowest BCUT2D eigenvalue weighted by Crippen LogP contribution is -2.75. The van der Waals surface area contributed by atoms with Crippen molar-refractivity contribution < 1.29 is 38.4 Å².